The van der Waals surface area contributed by atoms with Gasteiger partial charge in [0.1, 0.15) is 5.82 Å². The highest BCUT2D eigenvalue weighted by Gasteiger charge is 2.30. The van der Waals surface area contributed by atoms with E-state index in [0.717, 1.165) is 13.5 Å². The van der Waals surface area contributed by atoms with Crippen molar-refractivity contribution in [2.75, 3.05) is 13.7 Å². The van der Waals surface area contributed by atoms with Gasteiger partial charge in [-0.25, -0.2) is 4.39 Å². The highest BCUT2D eigenvalue weighted by molar-refractivity contribution is 6.61. The Bertz CT molecular complexity index is 617. The van der Waals surface area contributed by atoms with Crippen LogP contribution in [0.5, 0.6) is 0 Å². The molecule has 1 unspecified atom stereocenters. The lowest BCUT2D eigenvalue weighted by atomic mass is 9.76. The molecule has 0 spiro atoms. The molecule has 1 heterocycles. The highest BCUT2D eigenvalue weighted by Crippen LogP contribution is 2.30. The van der Waals surface area contributed by atoms with E-state index in [1.807, 2.05) is 13.8 Å². The molecule has 1 aliphatic heterocycles. The molecule has 0 saturated heterocycles. The Hall–Kier alpha value is -1.44. The van der Waals surface area contributed by atoms with Crippen LogP contribution in [0.4, 0.5) is 4.39 Å². The standard InChI is InChI=1S/C18H27BFNO3.C2H6.CH4O/c1-11(2)6-13(18(3,4)5)9-21-17(22)14-7-12-10-24-19(23)15(12)8-16(14)20;2*1-2/h7-8,11,13,23H,6,9-10H2,1-5H3,(H,21,22);1-2H3;2H,1H3. The van der Waals surface area contributed by atoms with Crippen molar-refractivity contribution in [3.8, 4) is 0 Å². The first-order valence-electron chi connectivity index (χ1n) is 9.94. The Balaban J connectivity index is 0.00000171. The van der Waals surface area contributed by atoms with Gasteiger partial charge in [-0.15, -0.1) is 0 Å². The van der Waals surface area contributed by atoms with E-state index < -0.39 is 18.8 Å². The van der Waals surface area contributed by atoms with Gasteiger partial charge in [-0.2, -0.15) is 0 Å². The fourth-order valence-corrected chi connectivity index (χ4v) is 3.04. The topological polar surface area (TPSA) is 78.8 Å². The van der Waals surface area contributed by atoms with E-state index in [2.05, 4.69) is 39.9 Å². The van der Waals surface area contributed by atoms with Crippen LogP contribution in [0.2, 0.25) is 0 Å². The fourth-order valence-electron chi connectivity index (χ4n) is 3.04. The first kappa shape index (κ1) is 26.6. The number of rotatable bonds is 5. The van der Waals surface area contributed by atoms with Crippen LogP contribution in [0, 0.1) is 23.1 Å². The van der Waals surface area contributed by atoms with Gasteiger partial charge in [0.2, 0.25) is 0 Å². The van der Waals surface area contributed by atoms with Gasteiger partial charge in [0.15, 0.2) is 0 Å². The molecule has 0 fully saturated rings. The van der Waals surface area contributed by atoms with Crippen LogP contribution in [0.3, 0.4) is 0 Å². The van der Waals surface area contributed by atoms with Gasteiger partial charge in [-0.05, 0) is 46.8 Å². The van der Waals surface area contributed by atoms with Crippen LogP contribution < -0.4 is 10.8 Å². The number of aliphatic hydroxyl groups excluding tert-OH is 1. The van der Waals surface area contributed by atoms with Crippen LogP contribution in [-0.4, -0.2) is 36.8 Å². The summed E-state index contributed by atoms with van der Waals surface area (Å²) in [7, 11) is -0.108. The Labute approximate surface area is 169 Å². The molecule has 0 radical (unpaired) electrons. The minimum atomic E-state index is -1.11. The number of hydrogen-bond acceptors (Lipinski definition) is 4. The zero-order chi connectivity index (χ0) is 22.1. The number of amides is 1. The number of nitrogens with one attached hydrogen (secondary N) is 1. The molecular formula is C21H37BFNO4. The summed E-state index contributed by atoms with van der Waals surface area (Å²) in [6, 6.07) is 2.67. The molecule has 1 aliphatic rings. The quantitative estimate of drug-likeness (QED) is 0.668. The lowest BCUT2D eigenvalue weighted by molar-refractivity contribution is 0.0922. The second-order valence-electron chi connectivity index (χ2n) is 8.10. The summed E-state index contributed by atoms with van der Waals surface area (Å²) in [5, 5.41) is 19.5. The predicted molar refractivity (Wildman–Crippen MR) is 113 cm³/mol. The summed E-state index contributed by atoms with van der Waals surface area (Å²) in [6.45, 7) is 15.5. The van der Waals surface area contributed by atoms with E-state index in [4.69, 9.17) is 9.76 Å². The van der Waals surface area contributed by atoms with Crippen molar-refractivity contribution in [3.05, 3.63) is 29.1 Å². The summed E-state index contributed by atoms with van der Waals surface area (Å²) >= 11 is 0. The lowest BCUT2D eigenvalue weighted by Gasteiger charge is -2.32. The van der Waals surface area contributed by atoms with Crippen molar-refractivity contribution < 1.29 is 24.0 Å². The van der Waals surface area contributed by atoms with Gasteiger partial charge in [0, 0.05) is 13.7 Å². The highest BCUT2D eigenvalue weighted by atomic mass is 19.1. The molecule has 0 bridgehead atoms. The molecule has 1 atom stereocenters. The molecule has 0 saturated carbocycles. The normalized spacial score (nSPS) is 13.8. The maximum absolute atomic E-state index is 14.2. The maximum atomic E-state index is 14.2. The Morgan fingerprint density at radius 1 is 1.29 bits per heavy atom. The zero-order valence-electron chi connectivity index (χ0n) is 18.6. The van der Waals surface area contributed by atoms with Crippen LogP contribution in [-0.2, 0) is 11.3 Å². The van der Waals surface area contributed by atoms with E-state index in [-0.39, 0.29) is 17.6 Å². The first-order valence-corrected chi connectivity index (χ1v) is 9.94. The third-order valence-electron chi connectivity index (χ3n) is 4.63. The third kappa shape index (κ3) is 7.53. The third-order valence-corrected chi connectivity index (χ3v) is 4.63. The van der Waals surface area contributed by atoms with Crippen molar-refractivity contribution in [1.29, 1.82) is 0 Å². The number of carbonyl (C=O) groups excluding carboxylic acids is 1. The Kier molecular flexibility index (Phi) is 11.6. The Morgan fingerprint density at radius 3 is 2.36 bits per heavy atom. The molecule has 28 heavy (non-hydrogen) atoms. The summed E-state index contributed by atoms with van der Waals surface area (Å²) in [4.78, 5) is 12.4. The van der Waals surface area contributed by atoms with Crippen LogP contribution in [0.1, 0.15) is 70.8 Å². The van der Waals surface area contributed by atoms with Crippen molar-refractivity contribution in [2.24, 2.45) is 17.3 Å². The smallest absolute Gasteiger partial charge is 0.423 e. The van der Waals surface area contributed by atoms with Gasteiger partial charge in [0.25, 0.3) is 5.91 Å². The minimum Gasteiger partial charge on any atom is -0.423 e. The van der Waals surface area contributed by atoms with E-state index >= 15 is 0 Å². The lowest BCUT2D eigenvalue weighted by Crippen LogP contribution is -2.37. The number of fused-ring (bicyclic) bond motifs is 1. The number of aliphatic hydroxyl groups is 1. The van der Waals surface area contributed by atoms with E-state index in [0.29, 0.717) is 29.4 Å². The fraction of sp³-hybridized carbons (Fsp3) is 0.667. The van der Waals surface area contributed by atoms with Crippen LogP contribution in [0.25, 0.3) is 0 Å². The summed E-state index contributed by atoms with van der Waals surface area (Å²) < 4.78 is 19.3. The molecule has 5 nitrogen and oxygen atoms in total. The molecule has 160 valence electrons. The van der Waals surface area contributed by atoms with Gasteiger partial charge in [-0.1, -0.05) is 48.5 Å². The molecule has 1 amide bonds. The average Bonchev–Trinajstić information content (AvgIpc) is 3.00. The van der Waals surface area contributed by atoms with Gasteiger partial charge in [0.05, 0.1) is 12.2 Å². The maximum Gasteiger partial charge on any atom is 0.491 e. The van der Waals surface area contributed by atoms with Crippen molar-refractivity contribution in [1.82, 2.24) is 5.32 Å². The number of benzene rings is 1. The molecule has 0 aromatic heterocycles. The molecule has 7 heteroatoms. The number of hydrogen-bond donors (Lipinski definition) is 3. The van der Waals surface area contributed by atoms with Crippen molar-refractivity contribution in [3.63, 3.8) is 0 Å². The van der Waals surface area contributed by atoms with Crippen LogP contribution >= 0.6 is 0 Å². The van der Waals surface area contributed by atoms with Gasteiger partial charge < -0.3 is 20.1 Å². The number of carbonyl (C=O) groups is 1. The second-order valence-corrected chi connectivity index (χ2v) is 8.10. The largest absolute Gasteiger partial charge is 0.491 e. The Morgan fingerprint density at radius 2 is 1.86 bits per heavy atom. The van der Waals surface area contributed by atoms with Crippen molar-refractivity contribution in [2.45, 2.75) is 61.5 Å². The van der Waals surface area contributed by atoms with Gasteiger partial charge in [-0.3, -0.25) is 4.79 Å². The van der Waals surface area contributed by atoms with Gasteiger partial charge >= 0.3 is 7.12 Å². The zero-order valence-corrected chi connectivity index (χ0v) is 18.6. The molecule has 1 aromatic rings. The molecule has 2 rings (SSSR count). The first-order chi connectivity index (χ1) is 13.1. The molecular weight excluding hydrogens is 360 g/mol. The number of halogens is 1. The van der Waals surface area contributed by atoms with Crippen LogP contribution in [0.15, 0.2) is 12.1 Å². The molecule has 0 aliphatic carbocycles. The second kappa shape index (κ2) is 12.2. The molecule has 3 N–H and O–H groups in total. The monoisotopic (exact) mass is 397 g/mol. The average molecular weight is 397 g/mol. The van der Waals surface area contributed by atoms with E-state index in [9.17, 15) is 14.2 Å². The van der Waals surface area contributed by atoms with E-state index in [1.165, 1.54) is 12.1 Å². The summed E-state index contributed by atoms with van der Waals surface area (Å²) in [6.07, 6.45) is 0.997. The summed E-state index contributed by atoms with van der Waals surface area (Å²) in [5.41, 5.74) is 1.12. The molecule has 1 aromatic carbocycles. The minimum absolute atomic E-state index is 0.00339. The van der Waals surface area contributed by atoms with E-state index in [1.54, 1.807) is 0 Å². The summed E-state index contributed by atoms with van der Waals surface area (Å²) in [5.74, 6) is -0.216. The predicted octanol–water partition coefficient (Wildman–Crippen LogP) is 3.12. The van der Waals surface area contributed by atoms with Crippen molar-refractivity contribution >= 4 is 18.5 Å². The SMILES string of the molecule is CC.CC(C)CC(CNC(=O)c1cc2c(cc1F)B(O)OC2)C(C)(C)C.CO.